The van der Waals surface area contributed by atoms with Gasteiger partial charge in [0.2, 0.25) is 0 Å². The van der Waals surface area contributed by atoms with Crippen LogP contribution in [-0.2, 0) is 16.6 Å². The van der Waals surface area contributed by atoms with E-state index in [2.05, 4.69) is 0 Å². The Labute approximate surface area is 121 Å². The summed E-state index contributed by atoms with van der Waals surface area (Å²) in [6.07, 6.45) is 1.39. The van der Waals surface area contributed by atoms with Crippen LogP contribution in [0.4, 0.5) is 5.82 Å². The number of nitro groups is 1. The molecule has 1 aromatic rings. The van der Waals surface area contributed by atoms with Crippen LogP contribution in [0.1, 0.15) is 23.3 Å². The minimum atomic E-state index is -0.537. The van der Waals surface area contributed by atoms with Crippen LogP contribution in [0.3, 0.4) is 0 Å². The zero-order chi connectivity index (χ0) is 15.6. The molecule has 0 unspecified atom stereocenters. The molecule has 21 heavy (non-hydrogen) atoms. The molecule has 1 atom stereocenters. The number of methoxy groups -OCH3 is 1. The van der Waals surface area contributed by atoms with E-state index < -0.39 is 4.92 Å². The molecule has 1 aliphatic heterocycles. The van der Waals surface area contributed by atoms with Gasteiger partial charge in [0, 0.05) is 19.2 Å². The highest BCUT2D eigenvalue weighted by molar-refractivity contribution is 5.93. The second-order valence-electron chi connectivity index (χ2n) is 5.01. The van der Waals surface area contributed by atoms with Gasteiger partial charge in [0.25, 0.3) is 5.91 Å². The van der Waals surface area contributed by atoms with E-state index in [0.717, 1.165) is 0 Å². The molecular formula is C13H17N3O5. The molecule has 2 heterocycles. The number of likely N-dealkylation sites (tertiary alicyclic amines) is 1. The number of piperidine rings is 1. The van der Waals surface area contributed by atoms with Crippen LogP contribution >= 0.6 is 0 Å². The molecule has 114 valence electrons. The first-order valence-electron chi connectivity index (χ1n) is 6.63. The summed E-state index contributed by atoms with van der Waals surface area (Å²) in [5.41, 5.74) is 0.243. The largest absolute Gasteiger partial charge is 0.469 e. The predicted octanol–water partition coefficient (Wildman–Crippen LogP) is 0.958. The van der Waals surface area contributed by atoms with Crippen LogP contribution in [0.5, 0.6) is 0 Å². The second-order valence-corrected chi connectivity index (χ2v) is 5.01. The number of esters is 1. The molecular weight excluding hydrogens is 278 g/mol. The maximum atomic E-state index is 12.4. The van der Waals surface area contributed by atoms with Crippen LogP contribution < -0.4 is 0 Å². The van der Waals surface area contributed by atoms with Crippen molar-refractivity contribution < 1.29 is 19.2 Å². The minimum Gasteiger partial charge on any atom is -0.469 e. The van der Waals surface area contributed by atoms with E-state index in [0.29, 0.717) is 19.4 Å². The second kappa shape index (κ2) is 5.94. The van der Waals surface area contributed by atoms with E-state index in [1.165, 1.54) is 30.9 Å². The first kappa shape index (κ1) is 15.0. The molecule has 1 aromatic heterocycles. The lowest BCUT2D eigenvalue weighted by molar-refractivity contribution is -0.391. The Balaban J connectivity index is 2.16. The number of nitrogens with zero attached hydrogens (tertiary/aromatic N) is 3. The Kier molecular flexibility index (Phi) is 4.25. The molecule has 2 rings (SSSR count). The summed E-state index contributed by atoms with van der Waals surface area (Å²) in [6, 6.07) is 2.73. The molecule has 0 saturated carbocycles. The van der Waals surface area contributed by atoms with Crippen LogP contribution in [0, 0.1) is 16.0 Å². The highest BCUT2D eigenvalue weighted by Crippen LogP contribution is 2.22. The van der Waals surface area contributed by atoms with Crippen molar-refractivity contribution in [2.45, 2.75) is 12.8 Å². The van der Waals surface area contributed by atoms with Crippen LogP contribution in [0.25, 0.3) is 0 Å². The highest BCUT2D eigenvalue weighted by Gasteiger charge is 2.32. The van der Waals surface area contributed by atoms with E-state index >= 15 is 0 Å². The SMILES string of the molecule is COC(=O)[C@H]1CCCN(C(=O)c2ccc([N+](=O)[O-])n2C)C1. The van der Waals surface area contributed by atoms with Gasteiger partial charge in [0.1, 0.15) is 0 Å². The Morgan fingerprint density at radius 1 is 1.43 bits per heavy atom. The Morgan fingerprint density at radius 3 is 2.71 bits per heavy atom. The molecule has 0 spiro atoms. The summed E-state index contributed by atoms with van der Waals surface area (Å²) in [5.74, 6) is -1.10. The molecule has 0 aliphatic carbocycles. The lowest BCUT2D eigenvalue weighted by Gasteiger charge is -2.30. The summed E-state index contributed by atoms with van der Waals surface area (Å²) < 4.78 is 5.97. The fourth-order valence-corrected chi connectivity index (χ4v) is 2.58. The van der Waals surface area contributed by atoms with Gasteiger partial charge < -0.3 is 19.8 Å². The molecule has 8 heteroatoms. The van der Waals surface area contributed by atoms with Crippen molar-refractivity contribution in [2.24, 2.45) is 13.0 Å². The summed E-state index contributed by atoms with van der Waals surface area (Å²) in [5, 5.41) is 10.8. The zero-order valence-electron chi connectivity index (χ0n) is 11.9. The van der Waals surface area contributed by atoms with Gasteiger partial charge in [-0.25, -0.2) is 4.57 Å². The number of hydrogen-bond acceptors (Lipinski definition) is 5. The van der Waals surface area contributed by atoms with E-state index in [4.69, 9.17) is 4.74 Å². The van der Waals surface area contributed by atoms with Crippen molar-refractivity contribution in [3.05, 3.63) is 27.9 Å². The Morgan fingerprint density at radius 2 is 2.14 bits per heavy atom. The lowest BCUT2D eigenvalue weighted by Crippen LogP contribution is -2.43. The first-order valence-corrected chi connectivity index (χ1v) is 6.63. The normalized spacial score (nSPS) is 18.4. The van der Waals surface area contributed by atoms with Gasteiger partial charge in [-0.1, -0.05) is 0 Å². The number of aromatic nitrogens is 1. The van der Waals surface area contributed by atoms with Crippen molar-refractivity contribution in [1.29, 1.82) is 0 Å². The van der Waals surface area contributed by atoms with Gasteiger partial charge >= 0.3 is 11.8 Å². The molecule has 0 radical (unpaired) electrons. The third-order valence-electron chi connectivity index (χ3n) is 3.74. The van der Waals surface area contributed by atoms with Crippen molar-refractivity contribution >= 4 is 17.7 Å². The van der Waals surface area contributed by atoms with Gasteiger partial charge in [0.15, 0.2) is 5.69 Å². The molecule has 1 aliphatic rings. The topological polar surface area (TPSA) is 94.7 Å². The van der Waals surface area contributed by atoms with Crippen molar-refractivity contribution in [3.8, 4) is 0 Å². The maximum absolute atomic E-state index is 12.4. The Hall–Kier alpha value is -2.38. The molecule has 0 N–H and O–H groups in total. The van der Waals surface area contributed by atoms with Crippen LogP contribution in [0.2, 0.25) is 0 Å². The number of rotatable bonds is 3. The molecule has 0 bridgehead atoms. The third-order valence-corrected chi connectivity index (χ3v) is 3.74. The molecule has 8 nitrogen and oxygen atoms in total. The highest BCUT2D eigenvalue weighted by atomic mass is 16.6. The van der Waals surface area contributed by atoms with Crippen molar-refractivity contribution in [3.63, 3.8) is 0 Å². The summed E-state index contributed by atoms with van der Waals surface area (Å²) >= 11 is 0. The predicted molar refractivity (Wildman–Crippen MR) is 72.7 cm³/mol. The quantitative estimate of drug-likeness (QED) is 0.470. The smallest absolute Gasteiger partial charge is 0.323 e. The summed E-state index contributed by atoms with van der Waals surface area (Å²) in [6.45, 7) is 0.815. The summed E-state index contributed by atoms with van der Waals surface area (Å²) in [4.78, 5) is 35.8. The number of amides is 1. The third kappa shape index (κ3) is 2.88. The number of carbonyl (C=O) groups excluding carboxylic acids is 2. The fraction of sp³-hybridized carbons (Fsp3) is 0.538. The van der Waals surface area contributed by atoms with Gasteiger partial charge in [0.05, 0.1) is 20.1 Å². The number of ether oxygens (including phenoxy) is 1. The standard InChI is InChI=1S/C13H17N3O5/c1-14-10(5-6-11(14)16(19)20)12(17)15-7-3-4-9(8-15)13(18)21-2/h5-6,9H,3-4,7-8H2,1-2H3/t9-/m0/s1. The first-order chi connectivity index (χ1) is 9.95. The lowest BCUT2D eigenvalue weighted by atomic mass is 9.98. The molecule has 1 fully saturated rings. The van der Waals surface area contributed by atoms with E-state index in [1.54, 1.807) is 4.90 Å². The van der Waals surface area contributed by atoms with E-state index in [-0.39, 0.29) is 35.9 Å². The fourth-order valence-electron chi connectivity index (χ4n) is 2.58. The van der Waals surface area contributed by atoms with Crippen molar-refractivity contribution in [1.82, 2.24) is 9.47 Å². The molecule has 1 saturated heterocycles. The Bertz CT molecular complexity index is 580. The van der Waals surface area contributed by atoms with Gasteiger partial charge in [-0.15, -0.1) is 0 Å². The zero-order valence-corrected chi connectivity index (χ0v) is 11.9. The maximum Gasteiger partial charge on any atom is 0.323 e. The number of hydrogen-bond donors (Lipinski definition) is 0. The van der Waals surface area contributed by atoms with Crippen LogP contribution in [0.15, 0.2) is 12.1 Å². The molecule has 1 amide bonds. The minimum absolute atomic E-state index is 0.139. The summed E-state index contributed by atoms with van der Waals surface area (Å²) in [7, 11) is 2.80. The average molecular weight is 295 g/mol. The van der Waals surface area contributed by atoms with Crippen LogP contribution in [-0.4, -0.2) is 46.5 Å². The van der Waals surface area contributed by atoms with E-state index in [1.807, 2.05) is 0 Å². The molecule has 0 aromatic carbocycles. The van der Waals surface area contributed by atoms with Gasteiger partial charge in [-0.3, -0.25) is 9.59 Å². The average Bonchev–Trinajstić information content (AvgIpc) is 2.87. The van der Waals surface area contributed by atoms with E-state index in [9.17, 15) is 19.7 Å². The monoisotopic (exact) mass is 295 g/mol. The number of carbonyl (C=O) groups is 2. The van der Waals surface area contributed by atoms with Gasteiger partial charge in [-0.2, -0.15) is 0 Å². The van der Waals surface area contributed by atoms with Gasteiger partial charge in [-0.05, 0) is 23.8 Å². The van der Waals surface area contributed by atoms with Crippen molar-refractivity contribution in [2.75, 3.05) is 20.2 Å².